The van der Waals surface area contributed by atoms with Crippen LogP contribution in [-0.2, 0) is 4.84 Å². The van der Waals surface area contributed by atoms with Gasteiger partial charge in [0.15, 0.2) is 5.82 Å². The minimum Gasteiger partial charge on any atom is -0.395 e. The van der Waals surface area contributed by atoms with Crippen molar-refractivity contribution in [3.8, 4) is 0 Å². The highest BCUT2D eigenvalue weighted by Crippen LogP contribution is 2.07. The van der Waals surface area contributed by atoms with Gasteiger partial charge in [0.25, 0.3) is 0 Å². The molecule has 1 aliphatic rings. The molecule has 0 aromatic carbocycles. The van der Waals surface area contributed by atoms with Gasteiger partial charge < -0.3 is 4.84 Å². The third kappa shape index (κ3) is 1.13. The Kier molecular flexibility index (Phi) is 1.42. The summed E-state index contributed by atoms with van der Waals surface area (Å²) >= 11 is 0. The lowest BCUT2D eigenvalue weighted by atomic mass is 10.6. The maximum absolute atomic E-state index is 4.74. The fraction of sp³-hybridized carbons (Fsp3) is 0. The van der Waals surface area contributed by atoms with Gasteiger partial charge in [-0.25, -0.2) is 9.99 Å². The van der Waals surface area contributed by atoms with Gasteiger partial charge in [-0.3, -0.25) is 4.98 Å². The number of hydrogen-bond donors (Lipinski definition) is 1. The van der Waals surface area contributed by atoms with Crippen molar-refractivity contribution in [1.82, 2.24) is 15.6 Å². The summed E-state index contributed by atoms with van der Waals surface area (Å²) in [6.07, 6.45) is 8.10. The Bertz CT molecular complexity index is 261. The van der Waals surface area contributed by atoms with Gasteiger partial charge in [0.05, 0.1) is 12.4 Å². The van der Waals surface area contributed by atoms with E-state index in [0.717, 1.165) is 0 Å². The molecule has 0 aliphatic carbocycles. The van der Waals surface area contributed by atoms with Crippen LogP contribution in [0.2, 0.25) is 0 Å². The second kappa shape index (κ2) is 2.55. The predicted molar refractivity (Wildman–Crippen MR) is 37.9 cm³/mol. The number of rotatable bonds is 1. The molecule has 1 aromatic rings. The second-order valence-corrected chi connectivity index (χ2v) is 1.93. The van der Waals surface area contributed by atoms with Gasteiger partial charge in [0, 0.05) is 12.4 Å². The second-order valence-electron chi connectivity index (χ2n) is 1.93. The molecule has 0 saturated heterocycles. The maximum Gasteiger partial charge on any atom is 0.168 e. The van der Waals surface area contributed by atoms with Crippen LogP contribution in [0, 0.1) is 0 Å². The Morgan fingerprint density at radius 2 is 2.45 bits per heavy atom. The van der Waals surface area contributed by atoms with Crippen LogP contribution in [0.5, 0.6) is 0 Å². The van der Waals surface area contributed by atoms with Crippen molar-refractivity contribution < 1.29 is 4.84 Å². The van der Waals surface area contributed by atoms with Crippen LogP contribution in [0.3, 0.4) is 0 Å². The third-order valence-corrected chi connectivity index (χ3v) is 1.23. The number of nitrogens with zero attached hydrogens (tertiary/aromatic N) is 3. The maximum atomic E-state index is 4.74. The summed E-state index contributed by atoms with van der Waals surface area (Å²) in [6.45, 7) is 0. The fourth-order valence-electron chi connectivity index (χ4n) is 0.748. The van der Waals surface area contributed by atoms with Crippen LogP contribution in [0.25, 0.3) is 0 Å². The van der Waals surface area contributed by atoms with E-state index in [4.69, 9.17) is 4.84 Å². The molecule has 0 bridgehead atoms. The highest BCUT2D eigenvalue weighted by Gasteiger charge is 2.07. The molecule has 0 radical (unpaired) electrons. The normalized spacial score (nSPS) is 15.1. The van der Waals surface area contributed by atoms with E-state index in [1.54, 1.807) is 29.8 Å². The molecule has 0 fully saturated rings. The summed E-state index contributed by atoms with van der Waals surface area (Å²) in [7, 11) is 0. The molecular weight excluding hydrogens is 144 g/mol. The van der Waals surface area contributed by atoms with Crippen molar-refractivity contribution in [3.63, 3.8) is 0 Å². The van der Waals surface area contributed by atoms with Crippen molar-refractivity contribution in [2.45, 2.75) is 0 Å². The summed E-state index contributed by atoms with van der Waals surface area (Å²) < 4.78 is 0. The first-order valence-electron chi connectivity index (χ1n) is 3.10. The van der Waals surface area contributed by atoms with Crippen LogP contribution in [0.15, 0.2) is 31.1 Å². The molecule has 1 aliphatic heterocycles. The molecular formula is C6H6N4O. The van der Waals surface area contributed by atoms with E-state index in [2.05, 4.69) is 15.6 Å². The van der Waals surface area contributed by atoms with Crippen molar-refractivity contribution in [2.75, 3.05) is 5.01 Å². The third-order valence-electron chi connectivity index (χ3n) is 1.23. The van der Waals surface area contributed by atoms with E-state index in [1.807, 2.05) is 0 Å². The Morgan fingerprint density at radius 3 is 3.09 bits per heavy atom. The van der Waals surface area contributed by atoms with Crippen LogP contribution >= 0.6 is 0 Å². The van der Waals surface area contributed by atoms with E-state index in [9.17, 15) is 0 Å². The zero-order chi connectivity index (χ0) is 7.52. The van der Waals surface area contributed by atoms with E-state index in [1.165, 1.54) is 6.26 Å². The Morgan fingerprint density at radius 1 is 1.45 bits per heavy atom. The first-order valence-corrected chi connectivity index (χ1v) is 3.10. The van der Waals surface area contributed by atoms with E-state index >= 15 is 0 Å². The van der Waals surface area contributed by atoms with Crippen LogP contribution in [0.1, 0.15) is 0 Å². The van der Waals surface area contributed by atoms with Gasteiger partial charge in [0.2, 0.25) is 0 Å². The SMILES string of the molecule is C1=CN(c2cnccn2)NO1. The first-order chi connectivity index (χ1) is 5.47. The summed E-state index contributed by atoms with van der Waals surface area (Å²) in [5.41, 5.74) is 2.59. The highest BCUT2D eigenvalue weighted by molar-refractivity contribution is 5.37. The minimum absolute atomic E-state index is 0.696. The van der Waals surface area contributed by atoms with Crippen LogP contribution < -0.4 is 10.6 Å². The largest absolute Gasteiger partial charge is 0.395 e. The molecule has 5 nitrogen and oxygen atoms in total. The van der Waals surface area contributed by atoms with E-state index < -0.39 is 0 Å². The van der Waals surface area contributed by atoms with E-state index in [0.29, 0.717) is 5.82 Å². The van der Waals surface area contributed by atoms with Gasteiger partial charge in [0.1, 0.15) is 6.26 Å². The number of aromatic nitrogens is 2. The molecule has 0 saturated carbocycles. The number of hydrogen-bond acceptors (Lipinski definition) is 5. The molecule has 11 heavy (non-hydrogen) atoms. The summed E-state index contributed by atoms with van der Waals surface area (Å²) in [5, 5.41) is 1.62. The van der Waals surface area contributed by atoms with E-state index in [-0.39, 0.29) is 0 Å². The quantitative estimate of drug-likeness (QED) is 0.619. The number of nitrogens with one attached hydrogen (secondary N) is 1. The molecule has 56 valence electrons. The molecule has 1 N–H and O–H groups in total. The summed E-state index contributed by atoms with van der Waals surface area (Å²) in [4.78, 5) is 12.7. The average Bonchev–Trinajstić information content (AvgIpc) is 2.58. The fourth-order valence-corrected chi connectivity index (χ4v) is 0.748. The lowest BCUT2D eigenvalue weighted by molar-refractivity contribution is 0.158. The standard InChI is InChI=1S/C6H6N4O/c1-2-8-6(5-7-1)10-3-4-11-9-10/h1-5,9H. The Balaban J connectivity index is 2.23. The smallest absolute Gasteiger partial charge is 0.168 e. The van der Waals surface area contributed by atoms with Crippen molar-refractivity contribution in [3.05, 3.63) is 31.1 Å². The number of anilines is 1. The lowest BCUT2D eigenvalue weighted by Gasteiger charge is -2.10. The summed E-state index contributed by atoms with van der Waals surface area (Å²) in [6, 6.07) is 0. The zero-order valence-corrected chi connectivity index (χ0v) is 5.64. The van der Waals surface area contributed by atoms with Gasteiger partial charge in [-0.05, 0) is 0 Å². The molecule has 0 amide bonds. The highest BCUT2D eigenvalue weighted by atomic mass is 16.7. The van der Waals surface area contributed by atoms with Gasteiger partial charge in [-0.1, -0.05) is 5.59 Å². The van der Waals surface area contributed by atoms with Crippen molar-refractivity contribution >= 4 is 5.82 Å². The van der Waals surface area contributed by atoms with Crippen molar-refractivity contribution in [2.24, 2.45) is 0 Å². The van der Waals surface area contributed by atoms with Crippen LogP contribution in [-0.4, -0.2) is 9.97 Å². The van der Waals surface area contributed by atoms with Gasteiger partial charge in [-0.15, -0.1) is 0 Å². The monoisotopic (exact) mass is 150 g/mol. The topological polar surface area (TPSA) is 50.3 Å². The average molecular weight is 150 g/mol. The molecule has 1 aromatic heterocycles. The molecule has 2 rings (SSSR count). The first kappa shape index (κ1) is 6.11. The van der Waals surface area contributed by atoms with Gasteiger partial charge >= 0.3 is 0 Å². The number of hydrazine groups is 1. The lowest BCUT2D eigenvalue weighted by Crippen LogP contribution is -2.27. The Labute approximate surface area is 63.3 Å². The van der Waals surface area contributed by atoms with Crippen LogP contribution in [0.4, 0.5) is 5.82 Å². The molecule has 0 atom stereocenters. The molecule has 2 heterocycles. The molecule has 5 heteroatoms. The Hall–Kier alpha value is -1.62. The molecule has 0 unspecified atom stereocenters. The van der Waals surface area contributed by atoms with Gasteiger partial charge in [-0.2, -0.15) is 0 Å². The zero-order valence-electron chi connectivity index (χ0n) is 5.64. The minimum atomic E-state index is 0.696. The summed E-state index contributed by atoms with van der Waals surface area (Å²) in [5.74, 6) is 0.696. The molecule has 0 spiro atoms. The van der Waals surface area contributed by atoms with Crippen molar-refractivity contribution in [1.29, 1.82) is 0 Å². The predicted octanol–water partition coefficient (Wildman–Crippen LogP) is 0.204.